The molecule has 0 aliphatic carbocycles. The van der Waals surface area contributed by atoms with Crippen LogP contribution in [0, 0.1) is 0 Å². The van der Waals surface area contributed by atoms with Crippen LogP contribution < -0.4 is 0 Å². The molecule has 2 aromatic heterocycles. The fourth-order valence-corrected chi connectivity index (χ4v) is 6.43. The Morgan fingerprint density at radius 3 is 2.88 bits per heavy atom. The first-order valence-corrected chi connectivity index (χ1v) is 13.1. The Bertz CT molecular complexity index is 1100. The largest absolute Gasteiger partial charge is 0.379 e. The normalized spacial score (nSPS) is 19.3. The summed E-state index contributed by atoms with van der Waals surface area (Å²) in [5.41, 5.74) is 2.27. The Morgan fingerprint density at radius 2 is 2.03 bits per heavy atom. The maximum Gasteiger partial charge on any atom is 0.233 e. The van der Waals surface area contributed by atoms with E-state index in [9.17, 15) is 4.79 Å². The first-order chi connectivity index (χ1) is 15.7. The summed E-state index contributed by atoms with van der Waals surface area (Å²) in [6.07, 6.45) is 1.90. The number of carbonyl (C=O) groups excluding carboxylic acids is 1. The molecule has 32 heavy (non-hydrogen) atoms. The van der Waals surface area contributed by atoms with E-state index in [4.69, 9.17) is 14.7 Å². The molecule has 1 atom stereocenters. The highest BCUT2D eigenvalue weighted by molar-refractivity contribution is 8.00. The van der Waals surface area contributed by atoms with Crippen LogP contribution in [0.25, 0.3) is 10.9 Å². The van der Waals surface area contributed by atoms with Gasteiger partial charge in [-0.2, -0.15) is 0 Å². The highest BCUT2D eigenvalue weighted by Gasteiger charge is 2.30. The molecule has 2 aliphatic heterocycles. The zero-order chi connectivity index (χ0) is 21.9. The van der Waals surface area contributed by atoms with E-state index in [-0.39, 0.29) is 11.9 Å². The topological polar surface area (TPSA) is 58.6 Å². The van der Waals surface area contributed by atoms with Gasteiger partial charge in [-0.05, 0) is 35.9 Å². The number of fused-ring (bicyclic) bond motifs is 2. The molecule has 0 bridgehead atoms. The molecule has 1 saturated heterocycles. The molecule has 6 nitrogen and oxygen atoms in total. The number of hydrogen-bond acceptors (Lipinski definition) is 7. The number of carbonyl (C=O) groups is 1. The van der Waals surface area contributed by atoms with Crippen molar-refractivity contribution in [2.24, 2.45) is 0 Å². The third-order valence-electron chi connectivity index (χ3n) is 6.22. The second-order valence-electron chi connectivity index (χ2n) is 8.20. The number of para-hydroxylation sites is 1. The molecule has 1 unspecified atom stereocenters. The van der Waals surface area contributed by atoms with Gasteiger partial charge in [0, 0.05) is 29.9 Å². The van der Waals surface area contributed by atoms with Crippen LogP contribution in [0.15, 0.2) is 40.7 Å². The lowest BCUT2D eigenvalue weighted by atomic mass is 9.98. The monoisotopic (exact) mass is 468 g/mol. The van der Waals surface area contributed by atoms with Crippen molar-refractivity contribution in [3.63, 3.8) is 0 Å². The van der Waals surface area contributed by atoms with E-state index in [0.717, 1.165) is 67.4 Å². The zero-order valence-electron chi connectivity index (χ0n) is 18.3. The van der Waals surface area contributed by atoms with Gasteiger partial charge in [-0.15, -0.1) is 11.3 Å². The maximum absolute atomic E-state index is 13.3. The van der Waals surface area contributed by atoms with Gasteiger partial charge in [0.05, 0.1) is 37.1 Å². The Hall–Kier alpha value is -2.00. The Balaban J connectivity index is 1.33. The van der Waals surface area contributed by atoms with Crippen molar-refractivity contribution in [3.05, 3.63) is 52.0 Å². The van der Waals surface area contributed by atoms with Crippen LogP contribution in [0.2, 0.25) is 0 Å². The van der Waals surface area contributed by atoms with Gasteiger partial charge in [-0.25, -0.2) is 9.97 Å². The molecule has 1 amide bonds. The fraction of sp³-hybridized carbons (Fsp3) is 0.458. The van der Waals surface area contributed by atoms with Gasteiger partial charge < -0.3 is 9.64 Å². The van der Waals surface area contributed by atoms with Crippen molar-refractivity contribution in [1.82, 2.24) is 19.8 Å². The van der Waals surface area contributed by atoms with Crippen molar-refractivity contribution in [2.75, 3.05) is 38.6 Å². The van der Waals surface area contributed by atoms with Crippen LogP contribution in [-0.4, -0.2) is 64.3 Å². The third-order valence-corrected chi connectivity index (χ3v) is 8.19. The lowest BCUT2D eigenvalue weighted by molar-refractivity contribution is -0.131. The number of ether oxygens (including phenoxy) is 1. The Kier molecular flexibility index (Phi) is 6.73. The summed E-state index contributed by atoms with van der Waals surface area (Å²) in [7, 11) is 0. The van der Waals surface area contributed by atoms with Gasteiger partial charge in [-0.3, -0.25) is 9.69 Å². The molecular weight excluding hydrogens is 440 g/mol. The van der Waals surface area contributed by atoms with Gasteiger partial charge in [-0.1, -0.05) is 36.9 Å². The van der Waals surface area contributed by atoms with E-state index >= 15 is 0 Å². The third kappa shape index (κ3) is 4.55. The number of aromatic nitrogens is 2. The number of thiophene rings is 1. The van der Waals surface area contributed by atoms with Gasteiger partial charge in [0.15, 0.2) is 0 Å². The Labute approximate surface area is 197 Å². The van der Waals surface area contributed by atoms with Crippen molar-refractivity contribution < 1.29 is 9.53 Å². The fourth-order valence-electron chi connectivity index (χ4n) is 4.58. The first-order valence-electron chi connectivity index (χ1n) is 11.3. The van der Waals surface area contributed by atoms with E-state index in [1.165, 1.54) is 10.4 Å². The minimum Gasteiger partial charge on any atom is -0.379 e. The molecular formula is C24H28N4O2S2. The van der Waals surface area contributed by atoms with E-state index in [1.54, 1.807) is 11.8 Å². The minimum atomic E-state index is 0.191. The zero-order valence-corrected chi connectivity index (χ0v) is 20.0. The van der Waals surface area contributed by atoms with E-state index < -0.39 is 0 Å². The molecule has 1 aromatic carbocycles. The van der Waals surface area contributed by atoms with Crippen LogP contribution in [0.1, 0.15) is 35.7 Å². The molecule has 0 N–H and O–H groups in total. The predicted molar refractivity (Wildman–Crippen MR) is 129 cm³/mol. The summed E-state index contributed by atoms with van der Waals surface area (Å²) in [6.45, 7) is 6.98. The van der Waals surface area contributed by atoms with Crippen LogP contribution in [0.5, 0.6) is 0 Å². The number of thioether (sulfide) groups is 1. The van der Waals surface area contributed by atoms with E-state index in [1.807, 2.05) is 35.6 Å². The second-order valence-corrected chi connectivity index (χ2v) is 10.2. The van der Waals surface area contributed by atoms with Gasteiger partial charge in [0.1, 0.15) is 10.9 Å². The molecule has 0 spiro atoms. The average Bonchev–Trinajstić information content (AvgIpc) is 3.31. The minimum absolute atomic E-state index is 0.191. The van der Waals surface area contributed by atoms with E-state index in [0.29, 0.717) is 12.3 Å². The molecule has 1 fully saturated rings. The SMILES string of the molecule is CCC1c2ccsc2CCN1C(=O)CSc1nc(CN2CCOCC2)nc2ccccc12. The average molecular weight is 469 g/mol. The van der Waals surface area contributed by atoms with Gasteiger partial charge in [0.25, 0.3) is 0 Å². The van der Waals surface area contributed by atoms with Gasteiger partial charge >= 0.3 is 0 Å². The standard InChI is InChI=1S/C24H28N4O2S2/c1-2-20-18-8-14-31-21(18)7-9-28(20)23(29)16-32-24-17-5-3-4-6-19(17)25-22(26-24)15-27-10-12-30-13-11-27/h3-6,8,14,20H,2,7,9-13,15-16H2,1H3. The van der Waals surface area contributed by atoms with Crippen LogP contribution in [-0.2, 0) is 22.5 Å². The Morgan fingerprint density at radius 1 is 1.19 bits per heavy atom. The number of hydrogen-bond donors (Lipinski definition) is 0. The summed E-state index contributed by atoms with van der Waals surface area (Å²) >= 11 is 3.35. The second kappa shape index (κ2) is 9.87. The molecule has 8 heteroatoms. The quantitative estimate of drug-likeness (QED) is 0.400. The molecule has 5 rings (SSSR count). The van der Waals surface area contributed by atoms with Crippen LogP contribution in [0.3, 0.4) is 0 Å². The van der Waals surface area contributed by atoms with Crippen molar-refractivity contribution >= 4 is 39.9 Å². The van der Waals surface area contributed by atoms with E-state index in [2.05, 4.69) is 28.2 Å². The van der Waals surface area contributed by atoms with Crippen molar-refractivity contribution in [2.45, 2.75) is 37.4 Å². The predicted octanol–water partition coefficient (Wildman–Crippen LogP) is 4.15. The highest BCUT2D eigenvalue weighted by atomic mass is 32.2. The number of rotatable bonds is 6. The van der Waals surface area contributed by atoms with Crippen molar-refractivity contribution in [1.29, 1.82) is 0 Å². The molecule has 0 saturated carbocycles. The summed E-state index contributed by atoms with van der Waals surface area (Å²) in [6, 6.07) is 10.5. The smallest absolute Gasteiger partial charge is 0.233 e. The van der Waals surface area contributed by atoms with Crippen molar-refractivity contribution in [3.8, 4) is 0 Å². The highest BCUT2D eigenvalue weighted by Crippen LogP contribution is 2.36. The number of amides is 1. The number of morpholine rings is 1. The summed E-state index contributed by atoms with van der Waals surface area (Å²) < 4.78 is 5.46. The van der Waals surface area contributed by atoms with Crippen LogP contribution >= 0.6 is 23.1 Å². The molecule has 0 radical (unpaired) electrons. The molecule has 3 aromatic rings. The van der Waals surface area contributed by atoms with Crippen LogP contribution in [0.4, 0.5) is 0 Å². The summed E-state index contributed by atoms with van der Waals surface area (Å²) in [5, 5.41) is 4.06. The lowest BCUT2D eigenvalue weighted by Crippen LogP contribution is -2.40. The summed E-state index contributed by atoms with van der Waals surface area (Å²) in [4.78, 5) is 28.8. The molecule has 4 heterocycles. The number of nitrogens with zero attached hydrogens (tertiary/aromatic N) is 4. The first kappa shape index (κ1) is 21.8. The molecule has 2 aliphatic rings. The van der Waals surface area contributed by atoms with Gasteiger partial charge in [0.2, 0.25) is 5.91 Å². The lowest BCUT2D eigenvalue weighted by Gasteiger charge is -2.35. The molecule has 168 valence electrons. The maximum atomic E-state index is 13.3. The number of benzene rings is 1. The summed E-state index contributed by atoms with van der Waals surface area (Å²) in [5.74, 6) is 1.40.